The maximum atomic E-state index is 10.6. The molecule has 0 aliphatic rings. The molecule has 0 atom stereocenters. The summed E-state index contributed by atoms with van der Waals surface area (Å²) in [6, 6.07) is 5.07. The van der Waals surface area contributed by atoms with Gasteiger partial charge in [-0.25, -0.2) is 4.79 Å². The fraction of sp³-hybridized carbons (Fsp3) is 0.231. The first-order chi connectivity index (χ1) is 8.54. The fourth-order valence-corrected chi connectivity index (χ4v) is 1.66. The molecule has 0 aromatic heterocycles. The van der Waals surface area contributed by atoms with Gasteiger partial charge in [0.25, 0.3) is 0 Å². The largest absolute Gasteiger partial charge is 0.481 e. The van der Waals surface area contributed by atoms with E-state index in [9.17, 15) is 14.7 Å². The topological polar surface area (TPSA) is 94.8 Å². The van der Waals surface area contributed by atoms with E-state index in [-0.39, 0.29) is 19.4 Å². The van der Waals surface area contributed by atoms with Gasteiger partial charge in [-0.2, -0.15) is 0 Å². The van der Waals surface area contributed by atoms with Crippen LogP contribution in [0, 0.1) is 0 Å². The predicted octanol–water partition coefficient (Wildman–Crippen LogP) is 1.29. The van der Waals surface area contributed by atoms with Crippen molar-refractivity contribution < 1.29 is 24.9 Å². The molecule has 5 nitrogen and oxygen atoms in total. The van der Waals surface area contributed by atoms with Crippen molar-refractivity contribution in [2.45, 2.75) is 19.4 Å². The first-order valence-corrected chi connectivity index (χ1v) is 5.39. The highest BCUT2D eigenvalue weighted by Gasteiger charge is 2.08. The Balaban J connectivity index is 3.07. The Morgan fingerprint density at radius 3 is 2.50 bits per heavy atom. The second-order valence-corrected chi connectivity index (χ2v) is 3.71. The maximum absolute atomic E-state index is 10.6. The fourth-order valence-electron chi connectivity index (χ4n) is 1.66. The van der Waals surface area contributed by atoms with Crippen LogP contribution in [0.5, 0.6) is 0 Å². The van der Waals surface area contributed by atoms with Crippen LogP contribution in [-0.4, -0.2) is 27.3 Å². The zero-order valence-electron chi connectivity index (χ0n) is 9.67. The number of carboxylic acids is 2. The highest BCUT2D eigenvalue weighted by molar-refractivity contribution is 5.85. The third kappa shape index (κ3) is 4.03. The van der Waals surface area contributed by atoms with Crippen LogP contribution >= 0.6 is 0 Å². The lowest BCUT2D eigenvalue weighted by molar-refractivity contribution is -0.137. The van der Waals surface area contributed by atoms with Crippen LogP contribution in [0.2, 0.25) is 0 Å². The summed E-state index contributed by atoms with van der Waals surface area (Å²) < 4.78 is 0. The van der Waals surface area contributed by atoms with Crippen LogP contribution in [0.1, 0.15) is 23.1 Å². The van der Waals surface area contributed by atoms with Crippen molar-refractivity contribution in [2.24, 2.45) is 0 Å². The van der Waals surface area contributed by atoms with Gasteiger partial charge in [0, 0.05) is 12.5 Å². The standard InChI is InChI=1S/C13H14O5/c14-8-10-3-1-2-9(4-6-12(15)16)11(10)5-7-13(17)18/h1-4,6,14H,5,7-8H2,(H,15,16)(H,17,18). The Hall–Kier alpha value is -2.14. The number of carboxylic acid groups (broad SMARTS) is 2. The Morgan fingerprint density at radius 2 is 1.94 bits per heavy atom. The van der Waals surface area contributed by atoms with Crippen molar-refractivity contribution in [3.8, 4) is 0 Å². The first-order valence-electron chi connectivity index (χ1n) is 5.39. The van der Waals surface area contributed by atoms with E-state index in [2.05, 4.69) is 0 Å². The average Bonchev–Trinajstić information content (AvgIpc) is 2.33. The normalized spacial score (nSPS) is 10.7. The van der Waals surface area contributed by atoms with Crippen molar-refractivity contribution in [3.05, 3.63) is 41.0 Å². The third-order valence-corrected chi connectivity index (χ3v) is 2.47. The summed E-state index contributed by atoms with van der Waals surface area (Å²) in [6.45, 7) is -0.205. The van der Waals surface area contributed by atoms with Gasteiger partial charge in [-0.05, 0) is 29.2 Å². The molecule has 0 saturated carbocycles. The van der Waals surface area contributed by atoms with Gasteiger partial charge < -0.3 is 15.3 Å². The summed E-state index contributed by atoms with van der Waals surface area (Å²) in [5.41, 5.74) is 1.90. The first kappa shape index (κ1) is 13.9. The minimum Gasteiger partial charge on any atom is -0.481 e. The van der Waals surface area contributed by atoms with Crippen molar-refractivity contribution in [1.82, 2.24) is 0 Å². The molecule has 1 rings (SSSR count). The van der Waals surface area contributed by atoms with Crippen LogP contribution in [0.4, 0.5) is 0 Å². The number of aliphatic hydroxyl groups is 1. The van der Waals surface area contributed by atoms with Crippen LogP contribution in [-0.2, 0) is 22.6 Å². The minimum absolute atomic E-state index is 0.0646. The van der Waals surface area contributed by atoms with E-state index in [4.69, 9.17) is 10.2 Å². The Morgan fingerprint density at radius 1 is 1.22 bits per heavy atom. The molecule has 0 unspecified atom stereocenters. The molecule has 96 valence electrons. The summed E-state index contributed by atoms with van der Waals surface area (Å²) in [7, 11) is 0. The lowest BCUT2D eigenvalue weighted by Gasteiger charge is -2.10. The maximum Gasteiger partial charge on any atom is 0.328 e. The lowest BCUT2D eigenvalue weighted by atomic mass is 9.97. The zero-order chi connectivity index (χ0) is 13.5. The number of hydrogen-bond acceptors (Lipinski definition) is 3. The minimum atomic E-state index is -1.08. The summed E-state index contributed by atoms with van der Waals surface area (Å²) in [4.78, 5) is 21.0. The summed E-state index contributed by atoms with van der Waals surface area (Å²) >= 11 is 0. The van der Waals surface area contributed by atoms with E-state index in [1.807, 2.05) is 0 Å². The van der Waals surface area contributed by atoms with Gasteiger partial charge in [0.1, 0.15) is 0 Å². The molecule has 1 aromatic carbocycles. The molecule has 0 bridgehead atoms. The average molecular weight is 250 g/mol. The lowest BCUT2D eigenvalue weighted by Crippen LogP contribution is -2.03. The van der Waals surface area contributed by atoms with Gasteiger partial charge in [-0.15, -0.1) is 0 Å². The Labute approximate surface area is 104 Å². The van der Waals surface area contributed by atoms with Crippen molar-refractivity contribution in [2.75, 3.05) is 0 Å². The zero-order valence-corrected chi connectivity index (χ0v) is 9.67. The SMILES string of the molecule is O=C(O)C=Cc1cccc(CO)c1CCC(=O)O. The Kier molecular flexibility index (Phi) is 5.07. The molecular weight excluding hydrogens is 236 g/mol. The predicted molar refractivity (Wildman–Crippen MR) is 65.0 cm³/mol. The van der Waals surface area contributed by atoms with E-state index in [0.29, 0.717) is 16.7 Å². The van der Waals surface area contributed by atoms with Gasteiger partial charge in [0.15, 0.2) is 0 Å². The second kappa shape index (κ2) is 6.56. The summed E-state index contributed by atoms with van der Waals surface area (Å²) in [5.74, 6) is -2.01. The van der Waals surface area contributed by atoms with E-state index in [1.54, 1.807) is 18.2 Å². The number of rotatable bonds is 6. The monoisotopic (exact) mass is 250 g/mol. The molecule has 0 spiro atoms. The van der Waals surface area contributed by atoms with Crippen LogP contribution in [0.3, 0.4) is 0 Å². The van der Waals surface area contributed by atoms with Gasteiger partial charge in [0.05, 0.1) is 6.61 Å². The third-order valence-electron chi connectivity index (χ3n) is 2.47. The van der Waals surface area contributed by atoms with E-state index in [0.717, 1.165) is 6.08 Å². The molecule has 0 radical (unpaired) electrons. The second-order valence-electron chi connectivity index (χ2n) is 3.71. The molecular formula is C13H14O5. The molecule has 0 heterocycles. The van der Waals surface area contributed by atoms with Crippen LogP contribution in [0.25, 0.3) is 6.08 Å². The van der Waals surface area contributed by atoms with Gasteiger partial charge in [-0.3, -0.25) is 4.79 Å². The highest BCUT2D eigenvalue weighted by Crippen LogP contribution is 2.18. The number of hydrogen-bond donors (Lipinski definition) is 3. The number of aliphatic carboxylic acids is 2. The molecule has 18 heavy (non-hydrogen) atoms. The van der Waals surface area contributed by atoms with Crippen molar-refractivity contribution in [1.29, 1.82) is 0 Å². The molecule has 1 aromatic rings. The summed E-state index contributed by atoms with van der Waals surface area (Å²) in [6.07, 6.45) is 2.58. The molecule has 3 N–H and O–H groups in total. The van der Waals surface area contributed by atoms with Crippen LogP contribution < -0.4 is 0 Å². The van der Waals surface area contributed by atoms with Crippen molar-refractivity contribution >= 4 is 18.0 Å². The van der Waals surface area contributed by atoms with Gasteiger partial charge >= 0.3 is 11.9 Å². The molecule has 5 heteroatoms. The highest BCUT2D eigenvalue weighted by atomic mass is 16.4. The van der Waals surface area contributed by atoms with Gasteiger partial charge in [0.2, 0.25) is 0 Å². The number of carbonyl (C=O) groups is 2. The Bertz CT molecular complexity index is 476. The number of aliphatic hydroxyl groups excluding tert-OH is 1. The summed E-state index contributed by atoms with van der Waals surface area (Å²) in [5, 5.41) is 26.5. The number of benzene rings is 1. The molecule has 0 saturated heterocycles. The molecule has 0 aliphatic carbocycles. The van der Waals surface area contributed by atoms with E-state index in [1.165, 1.54) is 6.08 Å². The molecule has 0 aliphatic heterocycles. The quantitative estimate of drug-likeness (QED) is 0.661. The van der Waals surface area contributed by atoms with Gasteiger partial charge in [-0.1, -0.05) is 18.2 Å². The molecule has 0 amide bonds. The van der Waals surface area contributed by atoms with Crippen molar-refractivity contribution in [3.63, 3.8) is 0 Å². The van der Waals surface area contributed by atoms with E-state index >= 15 is 0 Å². The molecule has 0 fully saturated rings. The van der Waals surface area contributed by atoms with Crippen LogP contribution in [0.15, 0.2) is 24.3 Å². The smallest absolute Gasteiger partial charge is 0.328 e. The van der Waals surface area contributed by atoms with E-state index < -0.39 is 11.9 Å².